The van der Waals surface area contributed by atoms with Crippen molar-refractivity contribution in [3.8, 4) is 0 Å². The lowest BCUT2D eigenvalue weighted by atomic mass is 9.95. The quantitative estimate of drug-likeness (QED) is 0.591. The first-order valence-electron chi connectivity index (χ1n) is 10.7. The minimum atomic E-state index is -2.88. The van der Waals surface area contributed by atoms with E-state index in [1.54, 1.807) is 25.1 Å². The molecule has 1 aliphatic rings. The lowest BCUT2D eigenvalue weighted by Gasteiger charge is -2.21. The molecule has 33 heavy (non-hydrogen) atoms. The summed E-state index contributed by atoms with van der Waals surface area (Å²) in [6, 6.07) is 11.5. The Balaban J connectivity index is 1.60. The fourth-order valence-corrected chi connectivity index (χ4v) is 4.25. The van der Waals surface area contributed by atoms with Gasteiger partial charge in [-0.05, 0) is 35.8 Å². The first-order valence-corrected chi connectivity index (χ1v) is 10.7. The number of pyridine rings is 1. The summed E-state index contributed by atoms with van der Waals surface area (Å²) in [4.78, 5) is 20.0. The molecule has 0 bridgehead atoms. The van der Waals surface area contributed by atoms with Gasteiger partial charge >= 0.3 is 6.03 Å². The standard InChI is InChI=1S/C24H24BF3N4O/c1-31(2)24(33)32-9-8-16(13-32)14-6-7-19-18(10-14)20(11-21(25)30-19)29-12-15-4-3-5-17(22(15)26)23(27)28/h3-7,10-11,16,23H,8-9,12-13H2,1-2H3,(H,29,30). The van der Waals surface area contributed by atoms with E-state index in [0.717, 1.165) is 23.4 Å². The van der Waals surface area contributed by atoms with Crippen LogP contribution in [0.25, 0.3) is 10.9 Å². The first kappa shape index (κ1) is 23.0. The number of hydrogen-bond acceptors (Lipinski definition) is 3. The highest BCUT2D eigenvalue weighted by Crippen LogP contribution is 2.32. The molecule has 4 rings (SSSR count). The van der Waals surface area contributed by atoms with E-state index < -0.39 is 17.8 Å². The molecule has 2 amide bonds. The highest BCUT2D eigenvalue weighted by Gasteiger charge is 2.28. The van der Waals surface area contributed by atoms with Gasteiger partial charge in [0, 0.05) is 56.3 Å². The van der Waals surface area contributed by atoms with Crippen LogP contribution in [0.4, 0.5) is 23.7 Å². The maximum absolute atomic E-state index is 14.5. The normalized spacial score (nSPS) is 15.9. The van der Waals surface area contributed by atoms with Gasteiger partial charge < -0.3 is 15.1 Å². The molecule has 2 radical (unpaired) electrons. The number of benzene rings is 2. The second kappa shape index (κ2) is 9.33. The number of nitrogens with one attached hydrogen (secondary N) is 1. The Morgan fingerprint density at radius 1 is 1.27 bits per heavy atom. The number of likely N-dealkylation sites (tertiary alicyclic amines) is 1. The van der Waals surface area contributed by atoms with Crippen LogP contribution in [0.1, 0.15) is 35.5 Å². The Kier molecular flexibility index (Phi) is 6.49. The van der Waals surface area contributed by atoms with E-state index in [0.29, 0.717) is 29.9 Å². The number of aromatic nitrogens is 1. The topological polar surface area (TPSA) is 48.5 Å². The Hall–Kier alpha value is -3.23. The summed E-state index contributed by atoms with van der Waals surface area (Å²) in [5.74, 6) is -0.729. The van der Waals surface area contributed by atoms with Gasteiger partial charge in [-0.3, -0.25) is 4.98 Å². The number of nitrogens with zero attached hydrogens (tertiary/aromatic N) is 3. The van der Waals surface area contributed by atoms with Crippen molar-refractivity contribution in [3.63, 3.8) is 0 Å². The molecule has 1 N–H and O–H groups in total. The summed E-state index contributed by atoms with van der Waals surface area (Å²) in [6.07, 6.45) is -2.03. The average molecular weight is 452 g/mol. The van der Waals surface area contributed by atoms with Gasteiger partial charge in [-0.1, -0.05) is 24.3 Å². The molecule has 9 heteroatoms. The third-order valence-corrected chi connectivity index (χ3v) is 5.98. The molecule has 1 unspecified atom stereocenters. The van der Waals surface area contributed by atoms with Crippen molar-refractivity contribution in [1.82, 2.24) is 14.8 Å². The van der Waals surface area contributed by atoms with Gasteiger partial charge in [0.1, 0.15) is 13.7 Å². The molecule has 2 aromatic carbocycles. The van der Waals surface area contributed by atoms with E-state index >= 15 is 0 Å². The SMILES string of the molecule is [B]c1cc(NCc2cccc(C(F)F)c2F)c2cc(C3CCN(C(=O)N(C)C)C3)ccc2n1. The lowest BCUT2D eigenvalue weighted by molar-refractivity contribution is 0.146. The largest absolute Gasteiger partial charge is 0.380 e. The van der Waals surface area contributed by atoms with Crippen LogP contribution in [0.5, 0.6) is 0 Å². The predicted molar refractivity (Wildman–Crippen MR) is 124 cm³/mol. The molecule has 0 spiro atoms. The van der Waals surface area contributed by atoms with Crippen LogP contribution in [-0.4, -0.2) is 55.8 Å². The fraction of sp³-hybridized carbons (Fsp3) is 0.333. The van der Waals surface area contributed by atoms with Crippen molar-refractivity contribution in [1.29, 1.82) is 0 Å². The third kappa shape index (κ3) is 4.77. The van der Waals surface area contributed by atoms with Crippen molar-refractivity contribution < 1.29 is 18.0 Å². The molecule has 1 saturated heterocycles. The van der Waals surface area contributed by atoms with Gasteiger partial charge in [0.25, 0.3) is 6.43 Å². The van der Waals surface area contributed by atoms with Crippen LogP contribution in [0.15, 0.2) is 42.5 Å². The van der Waals surface area contributed by atoms with Crippen molar-refractivity contribution in [2.75, 3.05) is 32.5 Å². The maximum atomic E-state index is 14.5. The van der Waals surface area contributed by atoms with E-state index in [2.05, 4.69) is 10.3 Å². The van der Waals surface area contributed by atoms with E-state index in [-0.39, 0.29) is 24.1 Å². The molecule has 0 aliphatic carbocycles. The zero-order valence-electron chi connectivity index (χ0n) is 18.5. The van der Waals surface area contributed by atoms with Crippen LogP contribution in [0.3, 0.4) is 0 Å². The number of rotatable bonds is 5. The number of alkyl halides is 2. The number of carbonyl (C=O) groups is 1. The Labute approximate surface area is 192 Å². The smallest absolute Gasteiger partial charge is 0.319 e. The third-order valence-electron chi connectivity index (χ3n) is 5.98. The number of hydrogen-bond donors (Lipinski definition) is 1. The summed E-state index contributed by atoms with van der Waals surface area (Å²) < 4.78 is 40.5. The molecule has 170 valence electrons. The molecule has 0 saturated carbocycles. The van der Waals surface area contributed by atoms with Crippen LogP contribution in [0.2, 0.25) is 0 Å². The highest BCUT2D eigenvalue weighted by atomic mass is 19.3. The molecule has 1 fully saturated rings. The maximum Gasteiger partial charge on any atom is 0.319 e. The molecule has 1 aromatic heterocycles. The fourth-order valence-electron chi connectivity index (χ4n) is 4.25. The molecule has 2 heterocycles. The van der Waals surface area contributed by atoms with Gasteiger partial charge in [-0.25, -0.2) is 18.0 Å². The second-order valence-electron chi connectivity index (χ2n) is 8.45. The summed E-state index contributed by atoms with van der Waals surface area (Å²) in [7, 11) is 9.43. The van der Waals surface area contributed by atoms with Crippen LogP contribution < -0.4 is 10.9 Å². The van der Waals surface area contributed by atoms with E-state index in [4.69, 9.17) is 7.85 Å². The highest BCUT2D eigenvalue weighted by molar-refractivity contribution is 6.31. The number of urea groups is 1. The van der Waals surface area contributed by atoms with Gasteiger partial charge in [0.15, 0.2) is 0 Å². The van der Waals surface area contributed by atoms with Gasteiger partial charge in [-0.15, -0.1) is 0 Å². The molecule has 1 atom stereocenters. The number of anilines is 1. The number of carbonyl (C=O) groups excluding carboxylic acids is 1. The predicted octanol–water partition coefficient (Wildman–Crippen LogP) is 4.19. The van der Waals surface area contributed by atoms with E-state index in [1.165, 1.54) is 12.1 Å². The Bertz CT molecular complexity index is 1190. The van der Waals surface area contributed by atoms with E-state index in [1.807, 2.05) is 23.1 Å². The van der Waals surface area contributed by atoms with E-state index in [9.17, 15) is 18.0 Å². The first-order chi connectivity index (χ1) is 15.7. The summed E-state index contributed by atoms with van der Waals surface area (Å²) in [6.45, 7) is 1.33. The van der Waals surface area contributed by atoms with Crippen molar-refractivity contribution in [2.45, 2.75) is 25.3 Å². The minimum absolute atomic E-state index is 0.0110. The molecular formula is C24H24BF3N4O. The van der Waals surface area contributed by atoms with Crippen LogP contribution in [-0.2, 0) is 6.54 Å². The summed E-state index contributed by atoms with van der Waals surface area (Å²) in [5.41, 5.74) is 2.19. The molecule has 5 nitrogen and oxygen atoms in total. The van der Waals surface area contributed by atoms with Crippen molar-refractivity contribution in [2.24, 2.45) is 0 Å². The van der Waals surface area contributed by atoms with Crippen LogP contribution in [0, 0.1) is 5.82 Å². The number of halogens is 3. The Morgan fingerprint density at radius 2 is 2.06 bits per heavy atom. The monoisotopic (exact) mass is 452 g/mol. The molecular weight excluding hydrogens is 428 g/mol. The van der Waals surface area contributed by atoms with Crippen molar-refractivity contribution in [3.05, 3.63) is 65.0 Å². The average Bonchev–Trinajstić information content (AvgIpc) is 3.27. The molecule has 3 aromatic rings. The van der Waals surface area contributed by atoms with Crippen molar-refractivity contribution >= 4 is 36.1 Å². The number of amides is 2. The molecule has 1 aliphatic heterocycles. The minimum Gasteiger partial charge on any atom is -0.380 e. The zero-order chi connectivity index (χ0) is 23.7. The zero-order valence-corrected chi connectivity index (χ0v) is 18.5. The van der Waals surface area contributed by atoms with Gasteiger partial charge in [-0.2, -0.15) is 0 Å². The number of fused-ring (bicyclic) bond motifs is 1. The van der Waals surface area contributed by atoms with Gasteiger partial charge in [0.2, 0.25) is 0 Å². The van der Waals surface area contributed by atoms with Crippen LogP contribution >= 0.6 is 0 Å². The second-order valence-corrected chi connectivity index (χ2v) is 8.45. The lowest BCUT2D eigenvalue weighted by Crippen LogP contribution is -2.37. The van der Waals surface area contributed by atoms with Gasteiger partial charge in [0.05, 0.1) is 11.1 Å². The Morgan fingerprint density at radius 3 is 2.79 bits per heavy atom. The summed E-state index contributed by atoms with van der Waals surface area (Å²) in [5, 5.41) is 3.93. The summed E-state index contributed by atoms with van der Waals surface area (Å²) >= 11 is 0.